The number of carbonyl (C=O) groups is 3. The van der Waals surface area contributed by atoms with Crippen molar-refractivity contribution in [2.24, 2.45) is 0 Å². The van der Waals surface area contributed by atoms with E-state index < -0.39 is 18.4 Å². The SMILES string of the molecule is CCCCCCC/C=C\C/C=C\CCCCCCCCCCCCCC(=O)OC(COC(=O)CCCCCCCCCCCCCCCCCCCCCCCCC/C=C\CCCCCCCCCC)COC(OCC[N+](C)(C)C)C(=O)O. The first-order chi connectivity index (χ1) is 40.6. The van der Waals surface area contributed by atoms with Gasteiger partial charge in [0.1, 0.15) is 13.2 Å². The number of hydrogen-bond acceptors (Lipinski definition) is 7. The van der Waals surface area contributed by atoms with E-state index in [2.05, 4.69) is 50.3 Å². The van der Waals surface area contributed by atoms with Crippen LogP contribution >= 0.6 is 0 Å². The van der Waals surface area contributed by atoms with Gasteiger partial charge in [-0.25, -0.2) is 4.79 Å². The number of carboxylic acids is 1. The number of hydrogen-bond donors (Lipinski definition) is 1. The number of ether oxygens (including phenoxy) is 4. The molecule has 0 amide bonds. The zero-order valence-electron chi connectivity index (χ0n) is 55.9. The van der Waals surface area contributed by atoms with Gasteiger partial charge in [0.25, 0.3) is 6.29 Å². The molecule has 488 valence electrons. The van der Waals surface area contributed by atoms with E-state index in [4.69, 9.17) is 18.9 Å². The largest absolute Gasteiger partial charge is 0.477 e. The number of nitrogens with zero attached hydrogens (tertiary/aromatic N) is 1. The van der Waals surface area contributed by atoms with Crippen molar-refractivity contribution >= 4 is 17.9 Å². The van der Waals surface area contributed by atoms with E-state index in [1.54, 1.807) is 0 Å². The Morgan fingerprint density at radius 3 is 0.964 bits per heavy atom. The summed E-state index contributed by atoms with van der Waals surface area (Å²) in [5, 5.41) is 9.74. The second-order valence-corrected chi connectivity index (χ2v) is 25.9. The van der Waals surface area contributed by atoms with Gasteiger partial charge in [0, 0.05) is 12.8 Å². The molecule has 0 saturated carbocycles. The molecule has 2 atom stereocenters. The molecule has 2 unspecified atom stereocenters. The molecule has 1 N–H and O–H groups in total. The number of aliphatic carboxylic acids is 1. The van der Waals surface area contributed by atoms with E-state index in [0.717, 1.165) is 44.9 Å². The predicted molar refractivity (Wildman–Crippen MR) is 355 cm³/mol. The standard InChI is InChI=1S/C74H139NO8/c1-6-8-10-12-14-16-18-20-22-24-26-28-30-31-32-33-34-35-36-37-38-39-40-41-43-44-46-48-50-52-54-56-58-60-62-64-71(76)81-68-70(69-82-74(73(78)79)80-67-66-75(3,4)5)83-72(77)65-63-61-59-57-55-53-51-49-47-45-42-29-27-25-23-21-19-17-15-13-11-9-7-2/h19,21,24-27,70,74H,6-18,20,22-23,28-69H2,1-5H3/p+1/b21-19-,26-24-,27-25-. The maximum absolute atomic E-state index is 12.9. The van der Waals surface area contributed by atoms with Crippen LogP contribution in [-0.2, 0) is 33.3 Å². The molecule has 0 heterocycles. The normalized spacial score (nSPS) is 12.8. The summed E-state index contributed by atoms with van der Waals surface area (Å²) >= 11 is 0. The first-order valence-corrected chi connectivity index (χ1v) is 36.2. The molecule has 9 heteroatoms. The molecule has 0 saturated heterocycles. The van der Waals surface area contributed by atoms with Crippen LogP contribution in [0.5, 0.6) is 0 Å². The molecule has 0 aromatic rings. The zero-order chi connectivity index (χ0) is 60.5. The molecule has 0 aliphatic rings. The highest BCUT2D eigenvalue weighted by molar-refractivity contribution is 5.71. The molecule has 0 bridgehead atoms. The number of carboxylic acid groups (broad SMARTS) is 1. The third-order valence-corrected chi connectivity index (χ3v) is 16.4. The molecular weight excluding hydrogens is 1030 g/mol. The maximum atomic E-state index is 12.9. The highest BCUT2D eigenvalue weighted by atomic mass is 16.7. The first kappa shape index (κ1) is 80.5. The lowest BCUT2D eigenvalue weighted by atomic mass is 10.0. The summed E-state index contributed by atoms with van der Waals surface area (Å²) in [6.45, 7) is 4.93. The van der Waals surface area contributed by atoms with Crippen molar-refractivity contribution in [3.8, 4) is 0 Å². The van der Waals surface area contributed by atoms with Crippen LogP contribution in [0.4, 0.5) is 0 Å². The Kier molecular flexibility index (Phi) is 63.5. The average Bonchev–Trinajstić information content (AvgIpc) is 3.46. The Bertz CT molecular complexity index is 1450. The number of esters is 2. The van der Waals surface area contributed by atoms with Gasteiger partial charge in [0.05, 0.1) is 34.4 Å². The van der Waals surface area contributed by atoms with Gasteiger partial charge < -0.3 is 28.5 Å². The summed E-state index contributed by atoms with van der Waals surface area (Å²) in [4.78, 5) is 37.6. The van der Waals surface area contributed by atoms with Crippen molar-refractivity contribution in [3.05, 3.63) is 36.5 Å². The fourth-order valence-electron chi connectivity index (χ4n) is 10.8. The van der Waals surface area contributed by atoms with E-state index in [0.29, 0.717) is 17.4 Å². The minimum atomic E-state index is -1.51. The van der Waals surface area contributed by atoms with Crippen molar-refractivity contribution in [1.29, 1.82) is 0 Å². The maximum Gasteiger partial charge on any atom is 0.361 e. The second kappa shape index (κ2) is 65.5. The van der Waals surface area contributed by atoms with Gasteiger partial charge in [0.15, 0.2) is 6.10 Å². The smallest absolute Gasteiger partial charge is 0.361 e. The fourth-order valence-corrected chi connectivity index (χ4v) is 10.8. The number of allylic oxidation sites excluding steroid dienone is 6. The topological polar surface area (TPSA) is 108 Å². The van der Waals surface area contributed by atoms with Crippen molar-refractivity contribution in [3.63, 3.8) is 0 Å². The molecule has 0 radical (unpaired) electrons. The monoisotopic (exact) mass is 1170 g/mol. The summed E-state index contributed by atoms with van der Waals surface area (Å²) in [6.07, 6.45) is 79.9. The van der Waals surface area contributed by atoms with E-state index in [1.165, 1.54) is 289 Å². The molecule has 0 aromatic heterocycles. The van der Waals surface area contributed by atoms with Crippen LogP contribution in [0.3, 0.4) is 0 Å². The Morgan fingerprint density at radius 1 is 0.361 bits per heavy atom. The van der Waals surface area contributed by atoms with E-state index in [1.807, 2.05) is 21.1 Å². The van der Waals surface area contributed by atoms with Crippen LogP contribution in [0.2, 0.25) is 0 Å². The van der Waals surface area contributed by atoms with E-state index in [9.17, 15) is 19.5 Å². The quantitative estimate of drug-likeness (QED) is 0.0211. The zero-order valence-corrected chi connectivity index (χ0v) is 55.9. The Morgan fingerprint density at radius 2 is 0.651 bits per heavy atom. The van der Waals surface area contributed by atoms with E-state index in [-0.39, 0.29) is 38.2 Å². The van der Waals surface area contributed by atoms with Gasteiger partial charge >= 0.3 is 17.9 Å². The summed E-state index contributed by atoms with van der Waals surface area (Å²) in [5.41, 5.74) is 0. The molecule has 0 aliphatic carbocycles. The van der Waals surface area contributed by atoms with Gasteiger partial charge in [-0.2, -0.15) is 0 Å². The fraction of sp³-hybridized carbons (Fsp3) is 0.878. The lowest BCUT2D eigenvalue weighted by Crippen LogP contribution is -2.40. The number of rotatable bonds is 68. The summed E-state index contributed by atoms with van der Waals surface area (Å²) in [5.74, 6) is -1.98. The van der Waals surface area contributed by atoms with Gasteiger partial charge in [-0.1, -0.05) is 314 Å². The summed E-state index contributed by atoms with van der Waals surface area (Å²) in [7, 11) is 5.99. The predicted octanol–water partition coefficient (Wildman–Crippen LogP) is 22.4. The van der Waals surface area contributed by atoms with Crippen LogP contribution in [0.15, 0.2) is 36.5 Å². The van der Waals surface area contributed by atoms with Crippen molar-refractivity contribution in [1.82, 2.24) is 0 Å². The van der Waals surface area contributed by atoms with Crippen LogP contribution in [-0.4, -0.2) is 87.4 Å². The number of quaternary nitrogens is 1. The van der Waals surface area contributed by atoms with Crippen molar-refractivity contribution in [2.75, 3.05) is 47.5 Å². The molecule has 0 aliphatic heterocycles. The van der Waals surface area contributed by atoms with Crippen LogP contribution in [0.25, 0.3) is 0 Å². The van der Waals surface area contributed by atoms with Gasteiger partial charge in [0.2, 0.25) is 0 Å². The minimum absolute atomic E-state index is 0.178. The number of likely N-dealkylation sites (N-methyl/N-ethyl adjacent to an activating group) is 1. The van der Waals surface area contributed by atoms with Gasteiger partial charge in [-0.05, 0) is 70.6 Å². The van der Waals surface area contributed by atoms with Crippen LogP contribution in [0.1, 0.15) is 361 Å². The second-order valence-electron chi connectivity index (χ2n) is 25.9. The third-order valence-electron chi connectivity index (χ3n) is 16.4. The molecule has 83 heavy (non-hydrogen) atoms. The highest BCUT2D eigenvalue weighted by Gasteiger charge is 2.25. The van der Waals surface area contributed by atoms with Crippen molar-refractivity contribution in [2.45, 2.75) is 373 Å². The number of carbonyl (C=O) groups excluding carboxylic acids is 2. The van der Waals surface area contributed by atoms with Crippen LogP contribution < -0.4 is 0 Å². The summed E-state index contributed by atoms with van der Waals surface area (Å²) in [6, 6.07) is 0. The van der Waals surface area contributed by atoms with Crippen LogP contribution in [0, 0.1) is 0 Å². The van der Waals surface area contributed by atoms with Gasteiger partial charge in [-0.3, -0.25) is 9.59 Å². The number of unbranched alkanes of at least 4 members (excludes halogenated alkanes) is 47. The lowest BCUT2D eigenvalue weighted by molar-refractivity contribution is -0.870. The lowest BCUT2D eigenvalue weighted by Gasteiger charge is -2.25. The Balaban J connectivity index is 4.01. The first-order valence-electron chi connectivity index (χ1n) is 36.2. The Labute approximate surface area is 515 Å². The summed E-state index contributed by atoms with van der Waals surface area (Å²) < 4.78 is 23.0. The average molecular weight is 1170 g/mol. The van der Waals surface area contributed by atoms with E-state index >= 15 is 0 Å². The molecule has 9 nitrogen and oxygen atoms in total. The van der Waals surface area contributed by atoms with Crippen molar-refractivity contribution < 1.29 is 42.9 Å². The molecule has 0 aromatic carbocycles. The van der Waals surface area contributed by atoms with Gasteiger partial charge in [-0.15, -0.1) is 0 Å². The highest BCUT2D eigenvalue weighted by Crippen LogP contribution is 2.19. The Hall–Kier alpha value is -2.49. The molecular formula is C74H140NO8+. The third kappa shape index (κ3) is 66.9. The molecule has 0 rings (SSSR count). The molecule has 0 fully saturated rings. The molecule has 0 spiro atoms. The minimum Gasteiger partial charge on any atom is -0.477 e.